The predicted octanol–water partition coefficient (Wildman–Crippen LogP) is 3.09. The molecule has 1 aromatic carbocycles. The zero-order chi connectivity index (χ0) is 23.6. The number of hydrogen-bond acceptors (Lipinski definition) is 5. The Morgan fingerprint density at radius 3 is 2.13 bits per heavy atom. The van der Waals surface area contributed by atoms with Crippen LogP contribution in [0.1, 0.15) is 59.4 Å². The van der Waals surface area contributed by atoms with Crippen LogP contribution in [0.25, 0.3) is 0 Å². The van der Waals surface area contributed by atoms with E-state index in [1.165, 1.54) is 0 Å². The molecule has 2 unspecified atom stereocenters. The number of aliphatic carboxylic acids is 1. The van der Waals surface area contributed by atoms with E-state index in [2.05, 4.69) is 10.6 Å². The highest BCUT2D eigenvalue weighted by atomic mass is 16.6. The Labute approximate surface area is 183 Å². The number of hydrogen-bond donors (Lipinski definition) is 3. The maximum atomic E-state index is 12.9. The average Bonchev–Trinajstić information content (AvgIpc) is 2.62. The Hall–Kier alpha value is -2.90. The van der Waals surface area contributed by atoms with Gasteiger partial charge in [-0.15, -0.1) is 0 Å². The molecule has 0 heterocycles. The SMILES string of the molecule is CC(C)CC(=O)CCC(NC(=O)C(Cc1ccccc1)NC(=O)OC(C)(C)C)C(=O)O. The first-order valence-electron chi connectivity index (χ1n) is 10.5. The molecular formula is C23H34N2O6. The molecule has 0 radical (unpaired) electrons. The van der Waals surface area contributed by atoms with Gasteiger partial charge in [0.15, 0.2) is 0 Å². The molecule has 172 valence electrons. The summed E-state index contributed by atoms with van der Waals surface area (Å²) in [6, 6.07) is 6.77. The van der Waals surface area contributed by atoms with Crippen LogP contribution in [-0.2, 0) is 25.5 Å². The van der Waals surface area contributed by atoms with Gasteiger partial charge in [-0.25, -0.2) is 9.59 Å². The van der Waals surface area contributed by atoms with E-state index < -0.39 is 35.7 Å². The molecule has 0 fully saturated rings. The van der Waals surface area contributed by atoms with E-state index in [9.17, 15) is 24.3 Å². The van der Waals surface area contributed by atoms with Crippen molar-refractivity contribution in [2.75, 3.05) is 0 Å². The fraction of sp³-hybridized carbons (Fsp3) is 0.565. The summed E-state index contributed by atoms with van der Waals surface area (Å²) in [5.41, 5.74) is 0.0378. The molecule has 1 aromatic rings. The van der Waals surface area contributed by atoms with Crippen molar-refractivity contribution in [1.29, 1.82) is 0 Å². The normalized spacial score (nSPS) is 13.2. The van der Waals surface area contributed by atoms with Gasteiger partial charge < -0.3 is 20.5 Å². The highest BCUT2D eigenvalue weighted by molar-refractivity contribution is 5.90. The third-order valence-corrected chi connectivity index (χ3v) is 4.25. The minimum atomic E-state index is -1.23. The molecule has 2 atom stereocenters. The molecule has 8 heteroatoms. The molecule has 0 spiro atoms. The second-order valence-corrected chi connectivity index (χ2v) is 8.96. The van der Waals surface area contributed by atoms with Gasteiger partial charge in [-0.1, -0.05) is 44.2 Å². The number of carbonyl (C=O) groups is 4. The topological polar surface area (TPSA) is 122 Å². The maximum Gasteiger partial charge on any atom is 0.408 e. The van der Waals surface area contributed by atoms with E-state index in [4.69, 9.17) is 4.74 Å². The summed E-state index contributed by atoms with van der Waals surface area (Å²) in [6.45, 7) is 8.92. The zero-order valence-corrected chi connectivity index (χ0v) is 18.9. The molecule has 0 aliphatic heterocycles. The van der Waals surface area contributed by atoms with Crippen LogP contribution >= 0.6 is 0 Å². The first-order valence-corrected chi connectivity index (χ1v) is 10.5. The lowest BCUT2D eigenvalue weighted by molar-refractivity contribution is -0.142. The fourth-order valence-corrected chi connectivity index (χ4v) is 2.90. The van der Waals surface area contributed by atoms with Crippen molar-refractivity contribution in [3.63, 3.8) is 0 Å². The Bertz CT molecular complexity index is 755. The molecule has 0 saturated heterocycles. The average molecular weight is 435 g/mol. The molecule has 0 aromatic heterocycles. The highest BCUT2D eigenvalue weighted by Gasteiger charge is 2.28. The number of Topliss-reactive ketones (excluding diaryl/α,β-unsaturated/α-hetero) is 1. The summed E-state index contributed by atoms with van der Waals surface area (Å²) in [5, 5.41) is 14.5. The Morgan fingerprint density at radius 1 is 1.00 bits per heavy atom. The molecule has 8 nitrogen and oxygen atoms in total. The molecular weight excluding hydrogens is 400 g/mol. The number of alkyl carbamates (subject to hydrolysis) is 1. The van der Waals surface area contributed by atoms with Crippen LogP contribution in [0.3, 0.4) is 0 Å². The number of benzene rings is 1. The fourth-order valence-electron chi connectivity index (χ4n) is 2.90. The van der Waals surface area contributed by atoms with E-state index in [1.54, 1.807) is 45.0 Å². The van der Waals surface area contributed by atoms with Crippen LogP contribution in [0, 0.1) is 5.92 Å². The molecule has 0 aliphatic carbocycles. The zero-order valence-electron chi connectivity index (χ0n) is 18.9. The summed E-state index contributed by atoms with van der Waals surface area (Å²) < 4.78 is 5.23. The molecule has 31 heavy (non-hydrogen) atoms. The maximum absolute atomic E-state index is 12.9. The summed E-state index contributed by atoms with van der Waals surface area (Å²) >= 11 is 0. The third-order valence-electron chi connectivity index (χ3n) is 4.25. The number of ether oxygens (including phenoxy) is 1. The number of rotatable bonds is 11. The standard InChI is InChI=1S/C23H34N2O6/c1-15(2)13-17(26)11-12-18(21(28)29)24-20(27)19(14-16-9-7-6-8-10-16)25-22(30)31-23(3,4)5/h6-10,15,18-19H,11-14H2,1-5H3,(H,24,27)(H,25,30)(H,28,29). The van der Waals surface area contributed by atoms with Crippen molar-refractivity contribution in [2.45, 2.75) is 78.0 Å². The van der Waals surface area contributed by atoms with E-state index in [0.29, 0.717) is 6.42 Å². The summed E-state index contributed by atoms with van der Waals surface area (Å²) in [5.74, 6) is -1.76. The van der Waals surface area contributed by atoms with Crippen LogP contribution in [0.4, 0.5) is 4.79 Å². The van der Waals surface area contributed by atoms with Crippen molar-refractivity contribution in [3.05, 3.63) is 35.9 Å². The second kappa shape index (κ2) is 12.1. The van der Waals surface area contributed by atoms with Crippen molar-refractivity contribution >= 4 is 23.8 Å². The van der Waals surface area contributed by atoms with Crippen molar-refractivity contribution in [3.8, 4) is 0 Å². The van der Waals surface area contributed by atoms with E-state index in [1.807, 2.05) is 19.9 Å². The third kappa shape index (κ3) is 11.2. The van der Waals surface area contributed by atoms with Crippen LogP contribution in [0.2, 0.25) is 0 Å². The van der Waals surface area contributed by atoms with Gasteiger partial charge in [0, 0.05) is 19.3 Å². The summed E-state index contributed by atoms with van der Waals surface area (Å²) in [4.78, 5) is 48.6. The molecule has 0 bridgehead atoms. The quantitative estimate of drug-likeness (QED) is 0.492. The van der Waals surface area contributed by atoms with Crippen LogP contribution in [0.5, 0.6) is 0 Å². The number of nitrogens with one attached hydrogen (secondary N) is 2. The number of amides is 2. The summed E-state index contributed by atoms with van der Waals surface area (Å²) in [6.07, 6.45) is -0.223. The lowest BCUT2D eigenvalue weighted by Crippen LogP contribution is -2.53. The predicted molar refractivity (Wildman–Crippen MR) is 117 cm³/mol. The van der Waals surface area contributed by atoms with E-state index >= 15 is 0 Å². The number of carbonyl (C=O) groups excluding carboxylic acids is 3. The largest absolute Gasteiger partial charge is 0.480 e. The Kier molecular flexibility index (Phi) is 10.2. The van der Waals surface area contributed by atoms with Gasteiger partial charge in [0.2, 0.25) is 5.91 Å². The van der Waals surface area contributed by atoms with Crippen LogP contribution in [-0.4, -0.2) is 46.5 Å². The van der Waals surface area contributed by atoms with E-state index in [0.717, 1.165) is 5.56 Å². The van der Waals surface area contributed by atoms with Crippen LogP contribution in [0.15, 0.2) is 30.3 Å². The lowest BCUT2D eigenvalue weighted by atomic mass is 10.0. The van der Waals surface area contributed by atoms with Crippen LogP contribution < -0.4 is 10.6 Å². The van der Waals surface area contributed by atoms with E-state index in [-0.39, 0.29) is 31.0 Å². The highest BCUT2D eigenvalue weighted by Crippen LogP contribution is 2.10. The summed E-state index contributed by atoms with van der Waals surface area (Å²) in [7, 11) is 0. The van der Waals surface area contributed by atoms with Gasteiger partial charge in [0.05, 0.1) is 0 Å². The van der Waals surface area contributed by atoms with Gasteiger partial charge in [-0.2, -0.15) is 0 Å². The number of carboxylic acid groups (broad SMARTS) is 1. The molecule has 2 amide bonds. The van der Waals surface area contributed by atoms with Gasteiger partial charge in [0.25, 0.3) is 0 Å². The first-order chi connectivity index (χ1) is 14.4. The monoisotopic (exact) mass is 434 g/mol. The first kappa shape index (κ1) is 26.1. The Balaban J connectivity index is 2.88. The molecule has 1 rings (SSSR count). The van der Waals surface area contributed by atoms with Gasteiger partial charge in [0.1, 0.15) is 23.5 Å². The van der Waals surface area contributed by atoms with Crippen molar-refractivity contribution < 1.29 is 29.0 Å². The Morgan fingerprint density at radius 2 is 1.61 bits per heavy atom. The van der Waals surface area contributed by atoms with Gasteiger partial charge >= 0.3 is 12.1 Å². The smallest absolute Gasteiger partial charge is 0.408 e. The molecule has 0 aliphatic rings. The lowest BCUT2D eigenvalue weighted by Gasteiger charge is -2.24. The van der Waals surface area contributed by atoms with Crippen molar-refractivity contribution in [2.24, 2.45) is 5.92 Å². The van der Waals surface area contributed by atoms with Crippen molar-refractivity contribution in [1.82, 2.24) is 10.6 Å². The minimum absolute atomic E-state index is 0.0167. The number of ketones is 1. The second-order valence-electron chi connectivity index (χ2n) is 8.96. The minimum Gasteiger partial charge on any atom is -0.480 e. The molecule has 0 saturated carbocycles. The van der Waals surface area contributed by atoms with Gasteiger partial charge in [-0.05, 0) is 38.7 Å². The number of carboxylic acids is 1. The molecule has 3 N–H and O–H groups in total. The van der Waals surface area contributed by atoms with Gasteiger partial charge in [-0.3, -0.25) is 9.59 Å².